The zero-order valence-electron chi connectivity index (χ0n) is 8.35. The second kappa shape index (κ2) is 5.51. The number of aliphatic hydroxyl groups is 1. The molecule has 1 N–H and O–H groups in total. The second-order valence-electron chi connectivity index (χ2n) is 3.14. The molecule has 1 unspecified atom stereocenters. The van der Waals surface area contributed by atoms with Gasteiger partial charge >= 0.3 is 6.18 Å². The van der Waals surface area contributed by atoms with Gasteiger partial charge in [0.15, 0.2) is 6.10 Å². The normalized spacial score (nSPS) is 14.8. The number of alkyl halides is 3. The Morgan fingerprint density at radius 3 is 2.25 bits per heavy atom. The Kier molecular flexibility index (Phi) is 4.31. The van der Waals surface area contributed by atoms with Crippen LogP contribution in [0.5, 0.6) is 0 Å². The second-order valence-corrected chi connectivity index (χ2v) is 3.14. The summed E-state index contributed by atoms with van der Waals surface area (Å²) in [6.07, 6.45) is -2.04. The lowest BCUT2D eigenvalue weighted by Gasteiger charge is -2.08. The molecule has 0 heterocycles. The minimum Gasteiger partial charge on any atom is -0.380 e. The van der Waals surface area contributed by atoms with Gasteiger partial charge in [-0.2, -0.15) is 13.2 Å². The smallest absolute Gasteiger partial charge is 0.380 e. The van der Waals surface area contributed by atoms with E-state index in [-0.39, 0.29) is 0 Å². The highest BCUT2D eigenvalue weighted by Gasteiger charge is 2.35. The van der Waals surface area contributed by atoms with Gasteiger partial charge in [-0.25, -0.2) is 0 Å². The number of aliphatic hydroxyl groups excluding tert-OH is 1. The molecule has 0 saturated carbocycles. The van der Waals surface area contributed by atoms with Crippen LogP contribution in [0.15, 0.2) is 48.6 Å². The highest BCUT2D eigenvalue weighted by atomic mass is 19.4. The minimum atomic E-state index is -4.60. The van der Waals surface area contributed by atoms with Crippen molar-refractivity contribution < 1.29 is 18.3 Å². The van der Waals surface area contributed by atoms with E-state index in [0.29, 0.717) is 6.08 Å². The Morgan fingerprint density at radius 1 is 1.06 bits per heavy atom. The lowest BCUT2D eigenvalue weighted by molar-refractivity contribution is -0.187. The highest BCUT2D eigenvalue weighted by Crippen LogP contribution is 2.20. The van der Waals surface area contributed by atoms with Crippen LogP contribution in [-0.2, 0) is 0 Å². The average Bonchev–Trinajstić information content (AvgIpc) is 2.24. The fourth-order valence-electron chi connectivity index (χ4n) is 1.01. The van der Waals surface area contributed by atoms with Crippen LogP contribution in [0.1, 0.15) is 5.56 Å². The van der Waals surface area contributed by atoms with Gasteiger partial charge in [-0.3, -0.25) is 0 Å². The molecule has 1 aromatic carbocycles. The Bertz CT molecular complexity index is 366. The largest absolute Gasteiger partial charge is 0.417 e. The molecule has 1 aromatic rings. The third-order valence-electron chi connectivity index (χ3n) is 1.83. The molecule has 0 bridgehead atoms. The summed E-state index contributed by atoms with van der Waals surface area (Å²) in [5.74, 6) is 0. The molecule has 0 fully saturated rings. The molecule has 0 spiro atoms. The van der Waals surface area contributed by atoms with E-state index in [1.807, 2.05) is 30.3 Å². The number of hydrogen-bond donors (Lipinski definition) is 1. The summed E-state index contributed by atoms with van der Waals surface area (Å²) in [6, 6.07) is 9.15. The summed E-state index contributed by atoms with van der Waals surface area (Å²) in [7, 11) is 0. The van der Waals surface area contributed by atoms with E-state index >= 15 is 0 Å². The Labute approximate surface area is 91.5 Å². The van der Waals surface area contributed by atoms with Crippen LogP contribution in [0.4, 0.5) is 13.2 Å². The zero-order chi connectivity index (χ0) is 12.0. The van der Waals surface area contributed by atoms with E-state index in [2.05, 4.69) is 0 Å². The van der Waals surface area contributed by atoms with Crippen molar-refractivity contribution in [2.24, 2.45) is 0 Å². The predicted octanol–water partition coefficient (Wildman–Crippen LogP) is 3.18. The van der Waals surface area contributed by atoms with Crippen molar-refractivity contribution in [3.05, 3.63) is 54.1 Å². The monoisotopic (exact) mass is 228 g/mol. The third kappa shape index (κ3) is 4.31. The van der Waals surface area contributed by atoms with Gasteiger partial charge in [-0.05, 0) is 11.6 Å². The molecule has 0 amide bonds. The van der Waals surface area contributed by atoms with Gasteiger partial charge in [-0.1, -0.05) is 48.6 Å². The first-order chi connectivity index (χ1) is 7.50. The number of halogens is 3. The van der Waals surface area contributed by atoms with Gasteiger partial charge in [0.1, 0.15) is 0 Å². The van der Waals surface area contributed by atoms with Gasteiger partial charge in [0, 0.05) is 0 Å². The molecule has 4 heteroatoms. The molecule has 0 saturated heterocycles. The molecule has 16 heavy (non-hydrogen) atoms. The van der Waals surface area contributed by atoms with E-state index in [4.69, 9.17) is 5.11 Å². The van der Waals surface area contributed by atoms with Crippen molar-refractivity contribution in [2.75, 3.05) is 0 Å². The first kappa shape index (κ1) is 12.5. The molecule has 1 rings (SSSR count). The van der Waals surface area contributed by atoms with Crippen molar-refractivity contribution in [3.63, 3.8) is 0 Å². The fourth-order valence-corrected chi connectivity index (χ4v) is 1.01. The Morgan fingerprint density at radius 2 is 1.69 bits per heavy atom. The van der Waals surface area contributed by atoms with Crippen LogP contribution in [0.3, 0.4) is 0 Å². The number of hydrogen-bond acceptors (Lipinski definition) is 1. The molecule has 1 atom stereocenters. The van der Waals surface area contributed by atoms with Gasteiger partial charge in [-0.15, -0.1) is 0 Å². The van der Waals surface area contributed by atoms with E-state index in [1.54, 1.807) is 6.08 Å². The molecule has 0 aliphatic carbocycles. The maximum absolute atomic E-state index is 11.9. The molecule has 0 aliphatic heterocycles. The van der Waals surface area contributed by atoms with Crippen molar-refractivity contribution in [1.29, 1.82) is 0 Å². The van der Waals surface area contributed by atoms with Crippen molar-refractivity contribution in [3.8, 4) is 0 Å². The molecule has 86 valence electrons. The Balaban J connectivity index is 2.52. The minimum absolute atomic E-state index is 0.694. The Hall–Kier alpha value is -1.55. The molecule has 0 aromatic heterocycles. The van der Waals surface area contributed by atoms with E-state index < -0.39 is 12.3 Å². The SMILES string of the molecule is OC(/C=C/C=C/c1ccccc1)C(F)(F)F. The van der Waals surface area contributed by atoms with Gasteiger partial charge in [0.05, 0.1) is 0 Å². The van der Waals surface area contributed by atoms with Crippen molar-refractivity contribution in [2.45, 2.75) is 12.3 Å². The highest BCUT2D eigenvalue weighted by molar-refractivity contribution is 5.50. The first-order valence-electron chi connectivity index (χ1n) is 4.65. The zero-order valence-corrected chi connectivity index (χ0v) is 8.35. The van der Waals surface area contributed by atoms with Gasteiger partial charge < -0.3 is 5.11 Å². The topological polar surface area (TPSA) is 20.2 Å². The summed E-state index contributed by atoms with van der Waals surface area (Å²) in [5, 5.41) is 8.64. The van der Waals surface area contributed by atoms with E-state index in [1.165, 1.54) is 12.2 Å². The lowest BCUT2D eigenvalue weighted by Crippen LogP contribution is -2.25. The number of benzene rings is 1. The van der Waals surface area contributed by atoms with Crippen LogP contribution < -0.4 is 0 Å². The molecule has 0 aliphatic rings. The van der Waals surface area contributed by atoms with Crippen molar-refractivity contribution >= 4 is 6.08 Å². The van der Waals surface area contributed by atoms with Crippen LogP contribution in [0, 0.1) is 0 Å². The molecular formula is C12H11F3O. The summed E-state index contributed by atoms with van der Waals surface area (Å²) in [4.78, 5) is 0. The van der Waals surface area contributed by atoms with Crippen LogP contribution in [0.25, 0.3) is 6.08 Å². The lowest BCUT2D eigenvalue weighted by atomic mass is 10.2. The first-order valence-corrected chi connectivity index (χ1v) is 4.65. The maximum atomic E-state index is 11.9. The summed E-state index contributed by atoms with van der Waals surface area (Å²) < 4.78 is 35.6. The molecule has 0 radical (unpaired) electrons. The fraction of sp³-hybridized carbons (Fsp3) is 0.167. The molecule has 1 nitrogen and oxygen atoms in total. The van der Waals surface area contributed by atoms with Crippen LogP contribution in [-0.4, -0.2) is 17.4 Å². The van der Waals surface area contributed by atoms with E-state index in [9.17, 15) is 13.2 Å². The van der Waals surface area contributed by atoms with Crippen LogP contribution in [0.2, 0.25) is 0 Å². The number of allylic oxidation sites excluding steroid dienone is 2. The van der Waals surface area contributed by atoms with Gasteiger partial charge in [0.25, 0.3) is 0 Å². The summed E-state index contributed by atoms with van der Waals surface area (Å²) in [5.41, 5.74) is 0.883. The van der Waals surface area contributed by atoms with E-state index in [0.717, 1.165) is 5.56 Å². The average molecular weight is 228 g/mol. The molecular weight excluding hydrogens is 217 g/mol. The standard InChI is InChI=1S/C12H11F3O/c13-12(14,15)11(16)9-5-4-8-10-6-2-1-3-7-10/h1-9,11,16H/b8-4+,9-5+. The quantitative estimate of drug-likeness (QED) is 0.788. The van der Waals surface area contributed by atoms with Crippen LogP contribution >= 0.6 is 0 Å². The number of rotatable bonds is 3. The summed E-state index contributed by atoms with van der Waals surface area (Å²) >= 11 is 0. The maximum Gasteiger partial charge on any atom is 0.417 e. The predicted molar refractivity (Wildman–Crippen MR) is 56.7 cm³/mol. The van der Waals surface area contributed by atoms with Gasteiger partial charge in [0.2, 0.25) is 0 Å². The summed E-state index contributed by atoms with van der Waals surface area (Å²) in [6.45, 7) is 0. The van der Waals surface area contributed by atoms with Crippen molar-refractivity contribution in [1.82, 2.24) is 0 Å². The third-order valence-corrected chi connectivity index (χ3v) is 1.83.